The van der Waals surface area contributed by atoms with Crippen LogP contribution in [0.25, 0.3) is 0 Å². The number of aliphatic carboxylic acids is 2. The van der Waals surface area contributed by atoms with Crippen molar-refractivity contribution in [2.45, 2.75) is 70.2 Å². The summed E-state index contributed by atoms with van der Waals surface area (Å²) in [6, 6.07) is 0. The summed E-state index contributed by atoms with van der Waals surface area (Å²) in [4.78, 5) is 21.4. The molecule has 0 aromatic rings. The number of nitrogens with one attached hydrogen (secondary N) is 1. The fraction of sp³-hybridized carbons (Fsp3) is 0.846. The van der Waals surface area contributed by atoms with Gasteiger partial charge < -0.3 is 29.9 Å². The molecule has 0 amide bonds. The molecule has 1 fully saturated rings. The number of carbonyl (C=O) groups excluding carboxylic acids is 2. The van der Waals surface area contributed by atoms with E-state index in [1.54, 1.807) is 0 Å². The standard InChI is InChI=1S/C13H23NO5.2K/c1-12(2)6-8(7-13(3,4)14-12)19-9(11(17)18)5-10(15)16;;/h8-9,14H,5-7H2,1-4H3,(H,15,16)(H,17,18);;/q;2*+1/p-2. The summed E-state index contributed by atoms with van der Waals surface area (Å²) in [6.07, 6.45) is -1.26. The van der Waals surface area contributed by atoms with E-state index in [4.69, 9.17) is 4.74 Å². The molecular formula is C13H21K2NO5. The molecule has 6 nitrogen and oxygen atoms in total. The van der Waals surface area contributed by atoms with E-state index in [9.17, 15) is 19.8 Å². The molecule has 0 aromatic heterocycles. The van der Waals surface area contributed by atoms with Gasteiger partial charge in [-0.2, -0.15) is 0 Å². The quantitative estimate of drug-likeness (QED) is 0.495. The number of carbonyl (C=O) groups is 2. The number of ether oxygens (including phenoxy) is 1. The van der Waals surface area contributed by atoms with Crippen molar-refractivity contribution < 1.29 is 127 Å². The molecule has 8 heteroatoms. The summed E-state index contributed by atoms with van der Waals surface area (Å²) in [5.74, 6) is -2.97. The zero-order chi connectivity index (χ0) is 14.8. The molecule has 1 heterocycles. The third-order valence-corrected chi connectivity index (χ3v) is 3.12. The van der Waals surface area contributed by atoms with E-state index in [-0.39, 0.29) is 120 Å². The summed E-state index contributed by atoms with van der Waals surface area (Å²) in [5.41, 5.74) is -0.408. The normalized spacial score (nSPS) is 21.5. The van der Waals surface area contributed by atoms with Gasteiger partial charge in [-0.25, -0.2) is 0 Å². The second kappa shape index (κ2) is 10.2. The first-order valence-corrected chi connectivity index (χ1v) is 6.36. The molecule has 0 bridgehead atoms. The van der Waals surface area contributed by atoms with Gasteiger partial charge in [-0.3, -0.25) is 0 Å². The molecule has 1 rings (SSSR count). The predicted octanol–water partition coefficient (Wildman–Crippen LogP) is -7.42. The van der Waals surface area contributed by atoms with Crippen LogP contribution in [0.5, 0.6) is 0 Å². The summed E-state index contributed by atoms with van der Waals surface area (Å²) in [6.45, 7) is 7.99. The maximum atomic E-state index is 10.9. The molecule has 1 saturated heterocycles. The minimum atomic E-state index is -1.52. The largest absolute Gasteiger partial charge is 1.00 e. The van der Waals surface area contributed by atoms with Gasteiger partial charge in [0.2, 0.25) is 0 Å². The fourth-order valence-corrected chi connectivity index (χ4v) is 2.90. The van der Waals surface area contributed by atoms with Crippen molar-refractivity contribution in [3.8, 4) is 0 Å². The summed E-state index contributed by atoms with van der Waals surface area (Å²) in [5, 5.41) is 24.8. The topological polar surface area (TPSA) is 102 Å². The Morgan fingerprint density at radius 1 is 1.14 bits per heavy atom. The molecule has 1 atom stereocenters. The van der Waals surface area contributed by atoms with Crippen LogP contribution in [-0.2, 0) is 14.3 Å². The third-order valence-electron chi connectivity index (χ3n) is 3.12. The van der Waals surface area contributed by atoms with Crippen LogP contribution in [0, 0.1) is 0 Å². The van der Waals surface area contributed by atoms with Gasteiger partial charge in [0.15, 0.2) is 0 Å². The van der Waals surface area contributed by atoms with Gasteiger partial charge in [0.1, 0.15) is 6.10 Å². The van der Waals surface area contributed by atoms with Gasteiger partial charge in [0.05, 0.1) is 12.1 Å². The first-order chi connectivity index (χ1) is 8.51. The van der Waals surface area contributed by atoms with E-state index in [1.807, 2.05) is 27.7 Å². The van der Waals surface area contributed by atoms with Crippen LogP contribution >= 0.6 is 0 Å². The molecule has 1 unspecified atom stereocenters. The Balaban J connectivity index is 0. The van der Waals surface area contributed by atoms with Crippen LogP contribution in [0.3, 0.4) is 0 Å². The summed E-state index contributed by atoms with van der Waals surface area (Å²) >= 11 is 0. The van der Waals surface area contributed by atoms with Crippen molar-refractivity contribution in [3.05, 3.63) is 0 Å². The molecule has 110 valence electrons. The molecule has 0 aromatic carbocycles. The number of rotatable bonds is 5. The number of carboxylic acid groups (broad SMARTS) is 2. The van der Waals surface area contributed by atoms with E-state index in [0.29, 0.717) is 12.8 Å². The molecule has 1 aliphatic rings. The summed E-state index contributed by atoms with van der Waals surface area (Å²) < 4.78 is 5.41. The van der Waals surface area contributed by atoms with E-state index in [0.717, 1.165) is 0 Å². The average molecular weight is 350 g/mol. The molecule has 21 heavy (non-hydrogen) atoms. The Bertz CT molecular complexity index is 358. The van der Waals surface area contributed by atoms with Crippen LogP contribution in [0.1, 0.15) is 47.0 Å². The fourth-order valence-electron chi connectivity index (χ4n) is 2.90. The number of hydrogen-bond donors (Lipinski definition) is 1. The zero-order valence-electron chi connectivity index (χ0n) is 13.8. The van der Waals surface area contributed by atoms with Crippen LogP contribution < -0.4 is 118 Å². The van der Waals surface area contributed by atoms with Gasteiger partial charge in [-0.1, -0.05) is 0 Å². The molecule has 0 radical (unpaired) electrons. The minimum Gasteiger partial charge on any atom is -0.550 e. The van der Waals surface area contributed by atoms with E-state index in [1.165, 1.54) is 0 Å². The number of piperidine rings is 1. The first-order valence-electron chi connectivity index (χ1n) is 6.36. The Kier molecular flexibility index (Phi) is 12.3. The second-order valence-electron chi connectivity index (χ2n) is 6.44. The van der Waals surface area contributed by atoms with E-state index >= 15 is 0 Å². The van der Waals surface area contributed by atoms with Gasteiger partial charge in [0, 0.05) is 23.5 Å². The van der Waals surface area contributed by atoms with E-state index < -0.39 is 24.5 Å². The predicted molar refractivity (Wildman–Crippen MR) is 63.8 cm³/mol. The molecule has 0 aliphatic carbocycles. The van der Waals surface area contributed by atoms with Gasteiger partial charge >= 0.3 is 103 Å². The minimum absolute atomic E-state index is 0. The SMILES string of the molecule is CC1(C)CC(OC(CC(=O)[O-])C(=O)[O-])CC(C)(C)N1.[K+].[K+]. The number of carboxylic acids is 2. The van der Waals surface area contributed by atoms with Crippen molar-refractivity contribution in [3.63, 3.8) is 0 Å². The van der Waals surface area contributed by atoms with Gasteiger partial charge in [-0.05, 0) is 40.5 Å². The van der Waals surface area contributed by atoms with Crippen LogP contribution in [-0.4, -0.2) is 35.2 Å². The Morgan fingerprint density at radius 2 is 1.57 bits per heavy atom. The zero-order valence-corrected chi connectivity index (χ0v) is 20.1. The molecular weight excluding hydrogens is 328 g/mol. The van der Waals surface area contributed by atoms with Crippen molar-refractivity contribution >= 4 is 11.9 Å². The van der Waals surface area contributed by atoms with Crippen molar-refractivity contribution in [1.29, 1.82) is 0 Å². The van der Waals surface area contributed by atoms with Gasteiger partial charge in [-0.15, -0.1) is 0 Å². The van der Waals surface area contributed by atoms with Crippen LogP contribution in [0.4, 0.5) is 0 Å². The Morgan fingerprint density at radius 3 is 1.90 bits per heavy atom. The first kappa shape index (κ1) is 25.4. The van der Waals surface area contributed by atoms with Crippen molar-refractivity contribution in [1.82, 2.24) is 5.32 Å². The third kappa shape index (κ3) is 9.88. The molecule has 1 N–H and O–H groups in total. The van der Waals surface area contributed by atoms with Crippen molar-refractivity contribution in [2.75, 3.05) is 0 Å². The van der Waals surface area contributed by atoms with E-state index in [2.05, 4.69) is 5.32 Å². The number of hydrogen-bond acceptors (Lipinski definition) is 6. The maximum Gasteiger partial charge on any atom is 1.00 e. The Hall–Kier alpha value is 2.13. The molecule has 0 saturated carbocycles. The maximum absolute atomic E-state index is 10.9. The average Bonchev–Trinajstić information content (AvgIpc) is 2.09. The smallest absolute Gasteiger partial charge is 0.550 e. The Labute approximate surface area is 211 Å². The molecule has 0 spiro atoms. The van der Waals surface area contributed by atoms with Crippen molar-refractivity contribution in [2.24, 2.45) is 0 Å². The monoisotopic (exact) mass is 349 g/mol. The summed E-state index contributed by atoms with van der Waals surface area (Å²) in [7, 11) is 0. The molecule has 1 aliphatic heterocycles. The second-order valence-corrected chi connectivity index (χ2v) is 6.44. The van der Waals surface area contributed by atoms with Crippen LogP contribution in [0.15, 0.2) is 0 Å². The van der Waals surface area contributed by atoms with Crippen LogP contribution in [0.2, 0.25) is 0 Å². The van der Waals surface area contributed by atoms with Gasteiger partial charge in [0.25, 0.3) is 0 Å².